The number of hydrogen-bond acceptors (Lipinski definition) is 6. The summed E-state index contributed by atoms with van der Waals surface area (Å²) in [4.78, 5) is 42.3. The molecule has 3 aliphatic heterocycles. The molecule has 0 aliphatic carbocycles. The van der Waals surface area contributed by atoms with E-state index in [0.717, 1.165) is 19.3 Å². The molecule has 3 aliphatic rings. The molecule has 0 saturated carbocycles. The minimum atomic E-state index is -0.693. The highest BCUT2D eigenvalue weighted by molar-refractivity contribution is 8.02. The molecule has 3 unspecified atom stereocenters. The number of carbonyl (C=O) groups is 3. The summed E-state index contributed by atoms with van der Waals surface area (Å²) < 4.78 is 4.32. The Balaban J connectivity index is 2.05. The highest BCUT2D eigenvalue weighted by Gasteiger charge is 2.78. The van der Waals surface area contributed by atoms with Gasteiger partial charge in [-0.15, -0.1) is 11.8 Å². The zero-order valence-corrected chi connectivity index (χ0v) is 21.2. The standard InChI is InChI=1S/C24H40N2O5S/c1-7-9-15(5)25-20(28)19-24-11-10-23(6,32-24)18(22(30)31-8-2)17(24)21(29)26(19)16(13-27)12-14(3)4/h14-19,27H,7-13H2,1-6H3,(H,25,28)/t15?,16-,17+,18-,19?,23+,24?/m1/s1. The Hall–Kier alpha value is -1.28. The van der Waals surface area contributed by atoms with E-state index in [9.17, 15) is 19.5 Å². The van der Waals surface area contributed by atoms with E-state index in [1.54, 1.807) is 23.6 Å². The van der Waals surface area contributed by atoms with Crippen molar-refractivity contribution >= 4 is 29.5 Å². The van der Waals surface area contributed by atoms with Crippen molar-refractivity contribution in [2.24, 2.45) is 17.8 Å². The molecule has 0 radical (unpaired) electrons. The number of amides is 2. The van der Waals surface area contributed by atoms with Crippen molar-refractivity contribution < 1.29 is 24.2 Å². The summed E-state index contributed by atoms with van der Waals surface area (Å²) in [7, 11) is 0. The molecule has 7 atom stereocenters. The van der Waals surface area contributed by atoms with E-state index >= 15 is 0 Å². The molecular formula is C24H40N2O5S. The molecule has 7 nitrogen and oxygen atoms in total. The maximum absolute atomic E-state index is 14.0. The molecule has 3 saturated heterocycles. The molecule has 3 rings (SSSR count). The second-order valence-electron chi connectivity index (χ2n) is 10.4. The van der Waals surface area contributed by atoms with E-state index in [0.29, 0.717) is 12.8 Å². The number of thioether (sulfide) groups is 1. The van der Waals surface area contributed by atoms with Gasteiger partial charge in [-0.3, -0.25) is 14.4 Å². The smallest absolute Gasteiger partial charge is 0.311 e. The predicted octanol–water partition coefficient (Wildman–Crippen LogP) is 2.74. The van der Waals surface area contributed by atoms with Gasteiger partial charge in [0.15, 0.2) is 0 Å². The fraction of sp³-hybridized carbons (Fsp3) is 0.875. The van der Waals surface area contributed by atoms with Gasteiger partial charge in [0.25, 0.3) is 0 Å². The number of rotatable bonds is 10. The van der Waals surface area contributed by atoms with Crippen molar-refractivity contribution in [2.75, 3.05) is 13.2 Å². The van der Waals surface area contributed by atoms with Crippen LogP contribution in [0.25, 0.3) is 0 Å². The van der Waals surface area contributed by atoms with Gasteiger partial charge in [-0.25, -0.2) is 0 Å². The quantitative estimate of drug-likeness (QED) is 0.479. The number of ether oxygens (including phenoxy) is 1. The molecule has 32 heavy (non-hydrogen) atoms. The van der Waals surface area contributed by atoms with E-state index in [2.05, 4.69) is 12.2 Å². The van der Waals surface area contributed by atoms with Gasteiger partial charge in [0.05, 0.1) is 35.8 Å². The summed E-state index contributed by atoms with van der Waals surface area (Å²) in [5.41, 5.74) is 0. The van der Waals surface area contributed by atoms with Crippen molar-refractivity contribution in [2.45, 2.75) is 101 Å². The van der Waals surface area contributed by atoms with Gasteiger partial charge in [-0.2, -0.15) is 0 Å². The minimum absolute atomic E-state index is 0.00220. The van der Waals surface area contributed by atoms with Crippen LogP contribution in [-0.4, -0.2) is 68.6 Å². The molecule has 0 aromatic carbocycles. The lowest BCUT2D eigenvalue weighted by Gasteiger charge is -2.38. The molecule has 2 bridgehead atoms. The van der Waals surface area contributed by atoms with Gasteiger partial charge < -0.3 is 20.1 Å². The number of carbonyl (C=O) groups excluding carboxylic acids is 3. The van der Waals surface area contributed by atoms with E-state index in [4.69, 9.17) is 4.74 Å². The molecule has 2 amide bonds. The fourth-order valence-corrected chi connectivity index (χ4v) is 8.63. The minimum Gasteiger partial charge on any atom is -0.466 e. The molecule has 0 aromatic rings. The molecule has 0 aromatic heterocycles. The van der Waals surface area contributed by atoms with Crippen molar-refractivity contribution in [3.8, 4) is 0 Å². The van der Waals surface area contributed by atoms with Crippen molar-refractivity contribution in [1.82, 2.24) is 10.2 Å². The van der Waals surface area contributed by atoms with Gasteiger partial charge in [0, 0.05) is 10.8 Å². The topological polar surface area (TPSA) is 95.9 Å². The largest absolute Gasteiger partial charge is 0.466 e. The zero-order valence-electron chi connectivity index (χ0n) is 20.3. The third-order valence-corrected chi connectivity index (χ3v) is 9.45. The Morgan fingerprint density at radius 1 is 1.28 bits per heavy atom. The van der Waals surface area contributed by atoms with Gasteiger partial charge in [0.2, 0.25) is 11.8 Å². The van der Waals surface area contributed by atoms with Crippen LogP contribution in [0.5, 0.6) is 0 Å². The summed E-state index contributed by atoms with van der Waals surface area (Å²) in [6, 6.07) is -1.14. The summed E-state index contributed by atoms with van der Waals surface area (Å²) in [6.07, 6.45) is 3.88. The number of esters is 1. The Morgan fingerprint density at radius 3 is 2.53 bits per heavy atom. The van der Waals surface area contributed by atoms with Crippen LogP contribution in [0.1, 0.15) is 73.6 Å². The second-order valence-corrected chi connectivity index (χ2v) is 12.3. The van der Waals surface area contributed by atoms with Crippen LogP contribution < -0.4 is 5.32 Å². The van der Waals surface area contributed by atoms with Crippen LogP contribution in [-0.2, 0) is 19.1 Å². The first-order valence-electron chi connectivity index (χ1n) is 12.2. The number of hydrogen-bond donors (Lipinski definition) is 2. The van der Waals surface area contributed by atoms with Crippen LogP contribution >= 0.6 is 11.8 Å². The first-order chi connectivity index (χ1) is 15.1. The Morgan fingerprint density at radius 2 is 1.97 bits per heavy atom. The van der Waals surface area contributed by atoms with E-state index in [1.807, 2.05) is 27.7 Å². The number of nitrogens with one attached hydrogen (secondary N) is 1. The van der Waals surface area contributed by atoms with Crippen molar-refractivity contribution in [3.05, 3.63) is 0 Å². The molecule has 3 fully saturated rings. The fourth-order valence-electron chi connectivity index (χ4n) is 6.29. The maximum Gasteiger partial charge on any atom is 0.311 e. The summed E-state index contributed by atoms with van der Waals surface area (Å²) >= 11 is 1.64. The Labute approximate surface area is 196 Å². The number of aliphatic hydroxyl groups excluding tert-OH is 1. The van der Waals surface area contributed by atoms with Crippen LogP contribution in [0.4, 0.5) is 0 Å². The van der Waals surface area contributed by atoms with Crippen LogP contribution in [0, 0.1) is 17.8 Å². The Bertz CT molecular complexity index is 746. The van der Waals surface area contributed by atoms with Crippen LogP contribution in [0.15, 0.2) is 0 Å². The van der Waals surface area contributed by atoms with Crippen molar-refractivity contribution in [1.29, 1.82) is 0 Å². The zero-order chi connectivity index (χ0) is 23.8. The molecule has 2 N–H and O–H groups in total. The molecular weight excluding hydrogens is 428 g/mol. The van der Waals surface area contributed by atoms with Gasteiger partial charge in [0.1, 0.15) is 6.04 Å². The average Bonchev–Trinajstić information content (AvgIpc) is 3.27. The molecule has 182 valence electrons. The number of nitrogens with zero attached hydrogens (tertiary/aromatic N) is 1. The molecule has 3 heterocycles. The number of fused-ring (bicyclic) bond motifs is 1. The summed E-state index contributed by atoms with van der Waals surface area (Å²) in [6.45, 7) is 12.0. The predicted molar refractivity (Wildman–Crippen MR) is 125 cm³/mol. The lowest BCUT2D eigenvalue weighted by molar-refractivity contribution is -0.155. The Kier molecular flexibility index (Phi) is 7.55. The second kappa shape index (κ2) is 9.53. The molecule has 8 heteroatoms. The third-order valence-electron chi connectivity index (χ3n) is 7.46. The normalized spacial score (nSPS) is 35.2. The lowest BCUT2D eigenvalue weighted by Crippen LogP contribution is -2.57. The number of aliphatic hydroxyl groups is 1. The molecule has 1 spiro atoms. The van der Waals surface area contributed by atoms with E-state index in [1.165, 1.54) is 0 Å². The summed E-state index contributed by atoms with van der Waals surface area (Å²) in [5, 5.41) is 13.4. The third kappa shape index (κ3) is 4.06. The maximum atomic E-state index is 14.0. The number of likely N-dealkylation sites (tertiary alicyclic amines) is 1. The van der Waals surface area contributed by atoms with Crippen LogP contribution in [0.2, 0.25) is 0 Å². The average molecular weight is 469 g/mol. The highest BCUT2D eigenvalue weighted by atomic mass is 32.2. The monoisotopic (exact) mass is 468 g/mol. The lowest BCUT2D eigenvalue weighted by atomic mass is 9.66. The first kappa shape index (κ1) is 25.3. The van der Waals surface area contributed by atoms with Crippen molar-refractivity contribution in [3.63, 3.8) is 0 Å². The van der Waals surface area contributed by atoms with E-state index in [-0.39, 0.29) is 43.0 Å². The highest BCUT2D eigenvalue weighted by Crippen LogP contribution is 2.71. The summed E-state index contributed by atoms with van der Waals surface area (Å²) in [5.74, 6) is -1.59. The van der Waals surface area contributed by atoms with Gasteiger partial charge in [-0.1, -0.05) is 27.2 Å². The van der Waals surface area contributed by atoms with Gasteiger partial charge >= 0.3 is 5.97 Å². The SMILES string of the molecule is CCCC(C)NC(=O)C1N([C@@H](CO)CC(C)C)C(=O)[C@@H]2[C@H](C(=O)OCC)[C@]3(C)CCC12S3. The van der Waals surface area contributed by atoms with Gasteiger partial charge in [-0.05, 0) is 52.4 Å². The first-order valence-corrected chi connectivity index (χ1v) is 13.0. The van der Waals surface area contributed by atoms with E-state index < -0.39 is 33.4 Å². The van der Waals surface area contributed by atoms with Crippen LogP contribution in [0.3, 0.4) is 0 Å².